The van der Waals surface area contributed by atoms with Crippen LogP contribution in [0.5, 0.6) is 0 Å². The molecule has 1 saturated heterocycles. The number of hydrogen-bond donors (Lipinski definition) is 5. The number of aliphatic hydroxyl groups excluding tert-OH is 2. The third-order valence-corrected chi connectivity index (χ3v) is 12.3. The predicted octanol–water partition coefficient (Wildman–Crippen LogP) is 3.05. The van der Waals surface area contributed by atoms with Crippen LogP contribution in [0.2, 0.25) is 0 Å². The Labute approximate surface area is 273 Å². The second kappa shape index (κ2) is 12.9. The average molecular weight is 665 g/mol. The van der Waals surface area contributed by atoms with E-state index in [1.54, 1.807) is 6.08 Å². The van der Waals surface area contributed by atoms with Crippen LogP contribution in [0.1, 0.15) is 86.5 Å². The van der Waals surface area contributed by atoms with Crippen LogP contribution in [0.25, 0.3) is 0 Å². The molecule has 5 fully saturated rings. The number of carbonyl (C=O) groups is 6. The normalized spacial score (nSPS) is 44.1. The van der Waals surface area contributed by atoms with Gasteiger partial charge in [-0.25, -0.2) is 4.79 Å². The van der Waals surface area contributed by atoms with E-state index in [-0.39, 0.29) is 41.8 Å². The molecule has 5 N–H and O–H groups in total. The van der Waals surface area contributed by atoms with Crippen molar-refractivity contribution in [2.75, 3.05) is 0 Å². The van der Waals surface area contributed by atoms with E-state index < -0.39 is 76.2 Å². The minimum absolute atomic E-state index is 0.134. The Kier molecular flexibility index (Phi) is 10.1. The van der Waals surface area contributed by atoms with Crippen LogP contribution in [-0.4, -0.2) is 79.5 Å². The molecule has 13 nitrogen and oxygen atoms in total. The summed E-state index contributed by atoms with van der Waals surface area (Å²) in [6, 6.07) is 0. The lowest BCUT2D eigenvalue weighted by Gasteiger charge is -2.63. The van der Waals surface area contributed by atoms with Gasteiger partial charge in [-0.2, -0.15) is 0 Å². The summed E-state index contributed by atoms with van der Waals surface area (Å²) in [5.74, 6) is -5.85. The molecule has 6 rings (SSSR count). The Bertz CT molecular complexity index is 1330. The molecule has 13 atom stereocenters. The van der Waals surface area contributed by atoms with Gasteiger partial charge in [-0.05, 0) is 73.2 Å². The number of carboxylic acid groups (broad SMARTS) is 3. The summed E-state index contributed by atoms with van der Waals surface area (Å²) in [6.45, 7) is 9.56. The summed E-state index contributed by atoms with van der Waals surface area (Å²) in [4.78, 5) is 68.8. The third kappa shape index (κ3) is 6.09. The number of hydrogen-bond acceptors (Lipinski definition) is 10. The molecule has 262 valence electrons. The molecule has 0 aromatic heterocycles. The van der Waals surface area contributed by atoms with E-state index in [2.05, 4.69) is 13.8 Å². The summed E-state index contributed by atoms with van der Waals surface area (Å²) < 4.78 is 11.6. The molecule has 0 aromatic carbocycles. The number of carbonyl (C=O) groups excluding carboxylic acids is 3. The van der Waals surface area contributed by atoms with Crippen molar-refractivity contribution >= 4 is 35.6 Å². The van der Waals surface area contributed by atoms with Gasteiger partial charge >= 0.3 is 17.9 Å². The number of fused-ring (bicyclic) bond motifs is 9. The summed E-state index contributed by atoms with van der Waals surface area (Å²) in [5, 5.41) is 47.4. The molecule has 5 aliphatic carbocycles. The number of Topliss-reactive ketones (excluding diaryl/α,β-unsaturated/α-hetero) is 1. The third-order valence-electron chi connectivity index (χ3n) is 12.3. The molecule has 0 aromatic rings. The molecule has 6 aliphatic rings. The number of ketones is 1. The Morgan fingerprint density at radius 1 is 0.915 bits per heavy atom. The summed E-state index contributed by atoms with van der Waals surface area (Å²) in [5.41, 5.74) is -2.07. The predicted molar refractivity (Wildman–Crippen MR) is 162 cm³/mol. The number of aliphatic hydroxyl groups is 2. The molecule has 0 bridgehead atoms. The molecular formula is C34H48O13. The molecule has 4 saturated carbocycles. The van der Waals surface area contributed by atoms with Crippen LogP contribution < -0.4 is 0 Å². The van der Waals surface area contributed by atoms with Crippen molar-refractivity contribution in [3.05, 3.63) is 11.8 Å². The van der Waals surface area contributed by atoms with Crippen molar-refractivity contribution in [2.24, 2.45) is 57.7 Å². The van der Waals surface area contributed by atoms with Gasteiger partial charge < -0.3 is 35.0 Å². The highest BCUT2D eigenvalue weighted by atomic mass is 16.6. The number of allylic oxidation sites excluding steroid dienone is 1. The van der Waals surface area contributed by atoms with Crippen molar-refractivity contribution in [1.82, 2.24) is 0 Å². The highest BCUT2D eigenvalue weighted by Gasteiger charge is 2.74. The van der Waals surface area contributed by atoms with Crippen LogP contribution in [0.15, 0.2) is 11.8 Å². The van der Waals surface area contributed by atoms with Gasteiger partial charge in [0.25, 0.3) is 11.9 Å². The van der Waals surface area contributed by atoms with Crippen LogP contribution in [0, 0.1) is 57.7 Å². The van der Waals surface area contributed by atoms with E-state index in [0.717, 1.165) is 33.1 Å². The van der Waals surface area contributed by atoms with Crippen molar-refractivity contribution in [1.29, 1.82) is 0 Å². The van der Waals surface area contributed by atoms with E-state index >= 15 is 0 Å². The van der Waals surface area contributed by atoms with E-state index in [0.29, 0.717) is 25.0 Å². The van der Waals surface area contributed by atoms with E-state index in [9.17, 15) is 34.5 Å². The second-order valence-electron chi connectivity index (χ2n) is 15.0. The molecule has 0 amide bonds. The highest BCUT2D eigenvalue weighted by molar-refractivity contribution is 5.87. The molecular weight excluding hydrogens is 616 g/mol. The average Bonchev–Trinajstić information content (AvgIpc) is 3.36. The second-order valence-corrected chi connectivity index (χ2v) is 15.0. The van der Waals surface area contributed by atoms with Gasteiger partial charge in [0.1, 0.15) is 18.0 Å². The summed E-state index contributed by atoms with van der Waals surface area (Å²) in [6.07, 6.45) is 2.83. The monoisotopic (exact) mass is 664 g/mol. The van der Waals surface area contributed by atoms with Crippen molar-refractivity contribution in [3.8, 4) is 0 Å². The minimum atomic E-state index is -1.39. The van der Waals surface area contributed by atoms with Crippen molar-refractivity contribution in [3.63, 3.8) is 0 Å². The molecule has 0 radical (unpaired) electrons. The van der Waals surface area contributed by atoms with Crippen LogP contribution in [-0.2, 0) is 38.2 Å². The molecule has 1 heterocycles. The first-order chi connectivity index (χ1) is 21.7. The zero-order chi connectivity index (χ0) is 35.4. The van der Waals surface area contributed by atoms with Gasteiger partial charge in [-0.3, -0.25) is 24.0 Å². The maximum atomic E-state index is 13.8. The van der Waals surface area contributed by atoms with Gasteiger partial charge in [0.2, 0.25) is 0 Å². The van der Waals surface area contributed by atoms with Gasteiger partial charge in [-0.1, -0.05) is 26.7 Å². The first-order valence-corrected chi connectivity index (χ1v) is 16.3. The molecule has 13 heteroatoms. The number of esters is 2. The fourth-order valence-corrected chi connectivity index (χ4v) is 10.9. The number of carboxylic acids is 3. The lowest BCUT2D eigenvalue weighted by molar-refractivity contribution is -0.214. The van der Waals surface area contributed by atoms with Crippen molar-refractivity contribution in [2.45, 2.75) is 105 Å². The Morgan fingerprint density at radius 2 is 1.51 bits per heavy atom. The van der Waals surface area contributed by atoms with E-state index in [1.165, 1.54) is 6.92 Å². The minimum Gasteiger partial charge on any atom is -0.481 e. The van der Waals surface area contributed by atoms with Gasteiger partial charge in [0.15, 0.2) is 11.9 Å². The molecule has 1 aliphatic heterocycles. The van der Waals surface area contributed by atoms with E-state index in [4.69, 9.17) is 29.3 Å². The Morgan fingerprint density at radius 3 is 2.06 bits per heavy atom. The fraction of sp³-hybridized carbons (Fsp3) is 0.765. The molecule has 0 spiro atoms. The highest BCUT2D eigenvalue weighted by Crippen LogP contribution is 2.73. The summed E-state index contributed by atoms with van der Waals surface area (Å²) in [7, 11) is 0. The molecule has 47 heavy (non-hydrogen) atoms. The SMILES string of the molecule is CC(=O)O.CC(=O)O.CC(=O)O[C@@H]1CC2(C)C(CC3C2[C@H](CC(=O)O)C=C2OC(=O)C(O)C23C)C2C(O)C(=O)C3CCCCC3(C)C21. The smallest absolute Gasteiger partial charge is 0.341 e. The zero-order valence-corrected chi connectivity index (χ0v) is 27.8. The Hall–Kier alpha value is -3.32. The van der Waals surface area contributed by atoms with Crippen molar-refractivity contribution < 1.29 is 63.8 Å². The fourth-order valence-electron chi connectivity index (χ4n) is 10.9. The maximum Gasteiger partial charge on any atom is 0.341 e. The number of rotatable bonds is 3. The number of ether oxygens (including phenoxy) is 2. The quantitative estimate of drug-likeness (QED) is 0.274. The lowest BCUT2D eigenvalue weighted by Crippen LogP contribution is -2.66. The van der Waals surface area contributed by atoms with Gasteiger partial charge in [-0.15, -0.1) is 0 Å². The Balaban J connectivity index is 0.000000564. The topological polar surface area (TPSA) is 222 Å². The number of aliphatic carboxylic acids is 3. The zero-order valence-electron chi connectivity index (χ0n) is 27.8. The van der Waals surface area contributed by atoms with Gasteiger partial charge in [0.05, 0.1) is 11.8 Å². The lowest BCUT2D eigenvalue weighted by atomic mass is 9.42. The first kappa shape index (κ1) is 36.5. The standard InChI is InChI=1S/C30H40O9.2C2H4O2/c1-13(31)38-18-12-29(3)16(21-23(18)28(2)8-6-5-7-15(28)24(34)25(21)35)11-17-22(29)14(10-20(32)33)9-19-30(17,4)26(36)27(37)39-19;2*1-2(3)4/h9,14-18,21-23,25-26,35-36H,5-8,10-12H2,1-4H3,(H,32,33);2*1H3,(H,3,4)/t14-,15?,16?,17?,18+,21?,22?,23?,25?,26?,28?,29?,30?;;/m0../s1. The van der Waals surface area contributed by atoms with Crippen LogP contribution in [0.3, 0.4) is 0 Å². The summed E-state index contributed by atoms with van der Waals surface area (Å²) >= 11 is 0. The van der Waals surface area contributed by atoms with Crippen LogP contribution in [0.4, 0.5) is 0 Å². The maximum absolute atomic E-state index is 13.8. The first-order valence-electron chi connectivity index (χ1n) is 16.3. The largest absolute Gasteiger partial charge is 0.481 e. The van der Waals surface area contributed by atoms with Crippen LogP contribution >= 0.6 is 0 Å². The van der Waals surface area contributed by atoms with Gasteiger partial charge in [0, 0.05) is 38.5 Å². The molecule has 11 unspecified atom stereocenters. The van der Waals surface area contributed by atoms with E-state index in [1.807, 2.05) is 6.92 Å².